The number of carbonyl (C=O) groups excluding carboxylic acids is 2. The Kier molecular flexibility index (Phi) is 8.45. The summed E-state index contributed by atoms with van der Waals surface area (Å²) in [6.07, 6.45) is 0.428. The van der Waals surface area contributed by atoms with E-state index >= 15 is 0 Å². The van der Waals surface area contributed by atoms with Gasteiger partial charge in [0.15, 0.2) is 0 Å². The molecule has 0 aromatic heterocycles. The third-order valence-electron chi connectivity index (χ3n) is 4.69. The maximum atomic E-state index is 12.3. The third-order valence-corrected chi connectivity index (χ3v) is 4.69. The highest BCUT2D eigenvalue weighted by Gasteiger charge is 2.07. The largest absolute Gasteiger partial charge is 0.494 e. The van der Waals surface area contributed by atoms with Crippen molar-refractivity contribution >= 4 is 40.8 Å². The number of aliphatic carboxylic acids is 1. The Labute approximate surface area is 197 Å². The predicted octanol–water partition coefficient (Wildman–Crippen LogP) is 5.53. The second-order valence-electron chi connectivity index (χ2n) is 7.42. The molecule has 9 heteroatoms. The zero-order valence-corrected chi connectivity index (χ0v) is 18.6. The SMILES string of the molecule is Cc1ccccc1NC(=O)Nc1ccc(NC(=O)Nc2cccc(OCCCC(=O)O)c2)cc1. The highest BCUT2D eigenvalue weighted by Crippen LogP contribution is 2.19. The van der Waals surface area contributed by atoms with Crippen molar-refractivity contribution in [3.63, 3.8) is 0 Å². The Bertz CT molecular complexity index is 1150. The number of benzene rings is 3. The Morgan fingerprint density at radius 3 is 2.03 bits per heavy atom. The molecular weight excluding hydrogens is 436 g/mol. The van der Waals surface area contributed by atoms with Crippen molar-refractivity contribution in [1.82, 2.24) is 0 Å². The fourth-order valence-electron chi connectivity index (χ4n) is 3.01. The topological polar surface area (TPSA) is 129 Å². The van der Waals surface area contributed by atoms with Gasteiger partial charge in [-0.05, 0) is 61.4 Å². The van der Waals surface area contributed by atoms with Crippen molar-refractivity contribution in [3.8, 4) is 5.75 Å². The number of urea groups is 2. The number of amides is 4. The van der Waals surface area contributed by atoms with E-state index in [-0.39, 0.29) is 19.1 Å². The molecule has 0 radical (unpaired) electrons. The Balaban J connectivity index is 1.47. The first kappa shape index (κ1) is 24.1. The minimum absolute atomic E-state index is 0.0338. The smallest absolute Gasteiger partial charge is 0.323 e. The van der Waals surface area contributed by atoms with Gasteiger partial charge in [0.25, 0.3) is 0 Å². The van der Waals surface area contributed by atoms with Crippen molar-refractivity contribution in [3.05, 3.63) is 78.4 Å². The second-order valence-corrected chi connectivity index (χ2v) is 7.42. The van der Waals surface area contributed by atoms with Crippen molar-refractivity contribution in [2.24, 2.45) is 0 Å². The number of hydrogen-bond donors (Lipinski definition) is 5. The summed E-state index contributed by atoms with van der Waals surface area (Å²) in [5.74, 6) is -0.340. The average Bonchev–Trinajstić information content (AvgIpc) is 2.80. The van der Waals surface area contributed by atoms with Gasteiger partial charge in [0.2, 0.25) is 0 Å². The van der Waals surface area contributed by atoms with Gasteiger partial charge in [0.05, 0.1) is 6.61 Å². The lowest BCUT2D eigenvalue weighted by atomic mass is 10.2. The molecule has 34 heavy (non-hydrogen) atoms. The van der Waals surface area contributed by atoms with E-state index in [0.717, 1.165) is 11.3 Å². The molecule has 3 aromatic carbocycles. The van der Waals surface area contributed by atoms with Crippen molar-refractivity contribution < 1.29 is 24.2 Å². The van der Waals surface area contributed by atoms with E-state index < -0.39 is 12.0 Å². The van der Waals surface area contributed by atoms with Crippen molar-refractivity contribution in [2.45, 2.75) is 19.8 Å². The quantitative estimate of drug-likeness (QED) is 0.267. The van der Waals surface area contributed by atoms with Gasteiger partial charge >= 0.3 is 18.0 Å². The molecule has 0 unspecified atom stereocenters. The summed E-state index contributed by atoms with van der Waals surface area (Å²) < 4.78 is 5.51. The minimum Gasteiger partial charge on any atom is -0.494 e. The summed E-state index contributed by atoms with van der Waals surface area (Å²) in [5.41, 5.74) is 3.33. The molecule has 3 aromatic rings. The molecule has 0 heterocycles. The van der Waals surface area contributed by atoms with Crippen LogP contribution in [0.4, 0.5) is 32.3 Å². The first-order valence-corrected chi connectivity index (χ1v) is 10.7. The first-order valence-electron chi connectivity index (χ1n) is 10.7. The first-order chi connectivity index (χ1) is 16.4. The van der Waals surface area contributed by atoms with Crippen LogP contribution in [0.5, 0.6) is 5.75 Å². The van der Waals surface area contributed by atoms with Crippen molar-refractivity contribution in [1.29, 1.82) is 0 Å². The molecule has 4 amide bonds. The molecule has 0 bridgehead atoms. The maximum Gasteiger partial charge on any atom is 0.323 e. The summed E-state index contributed by atoms with van der Waals surface area (Å²) in [6, 6.07) is 20.2. The van der Waals surface area contributed by atoms with Gasteiger partial charge in [0.1, 0.15) is 5.75 Å². The standard InChI is InChI=1S/C25H26N4O5/c1-17-6-2-3-9-22(17)29-25(33)27-19-13-11-18(12-14-19)26-24(32)28-20-7-4-8-21(16-20)34-15-5-10-23(30)31/h2-4,6-9,11-14,16H,5,10,15H2,1H3,(H,30,31)(H2,26,28,32)(H2,27,29,33). The number of ether oxygens (including phenoxy) is 1. The monoisotopic (exact) mass is 462 g/mol. The van der Waals surface area contributed by atoms with Crippen LogP contribution < -0.4 is 26.0 Å². The van der Waals surface area contributed by atoms with Gasteiger partial charge < -0.3 is 31.1 Å². The average molecular weight is 463 g/mol. The maximum absolute atomic E-state index is 12.3. The van der Waals surface area contributed by atoms with Gasteiger partial charge in [-0.2, -0.15) is 0 Å². The highest BCUT2D eigenvalue weighted by molar-refractivity contribution is 6.01. The Morgan fingerprint density at radius 1 is 0.765 bits per heavy atom. The molecule has 3 rings (SSSR count). The molecule has 0 aliphatic heterocycles. The number of para-hydroxylation sites is 1. The molecule has 0 aliphatic rings. The fourth-order valence-corrected chi connectivity index (χ4v) is 3.01. The summed E-state index contributed by atoms with van der Waals surface area (Å²) in [7, 11) is 0. The lowest BCUT2D eigenvalue weighted by molar-refractivity contribution is -0.137. The van der Waals surface area contributed by atoms with Crippen LogP contribution in [0.25, 0.3) is 0 Å². The number of anilines is 4. The molecule has 0 aliphatic carbocycles. The molecule has 9 nitrogen and oxygen atoms in total. The summed E-state index contributed by atoms with van der Waals surface area (Å²) in [5, 5.41) is 19.6. The zero-order valence-electron chi connectivity index (χ0n) is 18.6. The third kappa shape index (κ3) is 7.86. The van der Waals surface area contributed by atoms with Gasteiger partial charge in [-0.15, -0.1) is 0 Å². The normalized spacial score (nSPS) is 10.1. The molecule has 0 saturated carbocycles. The van der Waals surface area contributed by atoms with E-state index in [2.05, 4.69) is 21.3 Å². The lowest BCUT2D eigenvalue weighted by Gasteiger charge is -2.11. The van der Waals surface area contributed by atoms with Gasteiger partial charge in [0, 0.05) is 35.2 Å². The molecule has 0 atom stereocenters. The number of nitrogens with one attached hydrogen (secondary N) is 4. The van der Waals surface area contributed by atoms with Gasteiger partial charge in [-0.1, -0.05) is 24.3 Å². The number of aryl methyl sites for hydroxylation is 1. The van der Waals surface area contributed by atoms with Crippen LogP contribution >= 0.6 is 0 Å². The number of carboxylic acids is 1. The molecule has 0 spiro atoms. The van der Waals surface area contributed by atoms with E-state index in [4.69, 9.17) is 9.84 Å². The summed E-state index contributed by atoms with van der Waals surface area (Å²) in [6.45, 7) is 2.18. The number of rotatable bonds is 9. The lowest BCUT2D eigenvalue weighted by Crippen LogP contribution is -2.20. The Morgan fingerprint density at radius 2 is 1.38 bits per heavy atom. The Hall–Kier alpha value is -4.53. The van der Waals surface area contributed by atoms with E-state index in [1.807, 2.05) is 31.2 Å². The van der Waals surface area contributed by atoms with Crippen LogP contribution in [-0.4, -0.2) is 29.7 Å². The molecular formula is C25H26N4O5. The van der Waals surface area contributed by atoms with Gasteiger partial charge in [-0.3, -0.25) is 4.79 Å². The molecule has 0 saturated heterocycles. The van der Waals surface area contributed by atoms with Crippen LogP contribution in [0.1, 0.15) is 18.4 Å². The van der Waals surface area contributed by atoms with Crippen molar-refractivity contribution in [2.75, 3.05) is 27.9 Å². The van der Waals surface area contributed by atoms with E-state index in [0.29, 0.717) is 29.2 Å². The predicted molar refractivity (Wildman–Crippen MR) is 132 cm³/mol. The minimum atomic E-state index is -0.870. The number of carbonyl (C=O) groups is 3. The second kappa shape index (κ2) is 11.9. The summed E-state index contributed by atoms with van der Waals surface area (Å²) >= 11 is 0. The van der Waals surface area contributed by atoms with Crippen LogP contribution in [0.3, 0.4) is 0 Å². The van der Waals surface area contributed by atoms with Crippen LogP contribution in [0, 0.1) is 6.92 Å². The molecule has 176 valence electrons. The zero-order chi connectivity index (χ0) is 24.3. The summed E-state index contributed by atoms with van der Waals surface area (Å²) in [4.78, 5) is 35.1. The van der Waals surface area contributed by atoms with E-state index in [1.54, 1.807) is 48.5 Å². The molecule has 0 fully saturated rings. The van der Waals surface area contributed by atoms with E-state index in [1.165, 1.54) is 0 Å². The van der Waals surface area contributed by atoms with E-state index in [9.17, 15) is 14.4 Å². The number of hydrogen-bond acceptors (Lipinski definition) is 4. The molecule has 5 N–H and O–H groups in total. The van der Waals surface area contributed by atoms with Crippen LogP contribution in [0.2, 0.25) is 0 Å². The fraction of sp³-hybridized carbons (Fsp3) is 0.160. The highest BCUT2D eigenvalue weighted by atomic mass is 16.5. The van der Waals surface area contributed by atoms with Crippen LogP contribution in [0.15, 0.2) is 72.8 Å². The number of carboxylic acid groups (broad SMARTS) is 1. The van der Waals surface area contributed by atoms with Gasteiger partial charge in [-0.25, -0.2) is 9.59 Å². The van der Waals surface area contributed by atoms with Crippen LogP contribution in [-0.2, 0) is 4.79 Å².